The molecule has 1 aliphatic rings. The Kier molecular flexibility index (Phi) is 4.60. The normalized spacial score (nSPS) is 24.1. The van der Waals surface area contributed by atoms with Crippen LogP contribution in [0.5, 0.6) is 0 Å². The maximum absolute atomic E-state index is 11.9. The highest BCUT2D eigenvalue weighted by atomic mass is 19.4. The van der Waals surface area contributed by atoms with Gasteiger partial charge in [-0.3, -0.25) is 0 Å². The minimum Gasteiger partial charge on any atom is -0.382 e. The summed E-state index contributed by atoms with van der Waals surface area (Å²) in [5.74, 6) is 0.399. The second kappa shape index (κ2) is 5.51. The third kappa shape index (κ3) is 4.66. The number of nitrogens with one attached hydrogen (secondary N) is 1. The first-order chi connectivity index (χ1) is 7.00. The summed E-state index contributed by atoms with van der Waals surface area (Å²) in [7, 11) is 0. The SMILES string of the molecule is OC(CNCC1CC=CCC1)C(F)(F)F. The Labute approximate surface area is 87.2 Å². The molecule has 0 aromatic rings. The molecule has 88 valence electrons. The van der Waals surface area contributed by atoms with Crippen molar-refractivity contribution in [1.82, 2.24) is 5.32 Å². The third-order valence-electron chi connectivity index (χ3n) is 2.53. The Morgan fingerprint density at radius 3 is 2.67 bits per heavy atom. The van der Waals surface area contributed by atoms with Crippen LogP contribution in [-0.4, -0.2) is 30.5 Å². The van der Waals surface area contributed by atoms with E-state index in [1.165, 1.54) is 0 Å². The van der Waals surface area contributed by atoms with Gasteiger partial charge >= 0.3 is 6.18 Å². The zero-order valence-corrected chi connectivity index (χ0v) is 8.43. The molecule has 0 aromatic heterocycles. The summed E-state index contributed by atoms with van der Waals surface area (Å²) < 4.78 is 35.7. The first-order valence-corrected chi connectivity index (χ1v) is 5.10. The van der Waals surface area contributed by atoms with Gasteiger partial charge in [0.1, 0.15) is 0 Å². The monoisotopic (exact) mass is 223 g/mol. The van der Waals surface area contributed by atoms with Gasteiger partial charge in [-0.15, -0.1) is 0 Å². The number of rotatable bonds is 4. The lowest BCUT2D eigenvalue weighted by molar-refractivity contribution is -0.201. The van der Waals surface area contributed by atoms with Crippen LogP contribution in [-0.2, 0) is 0 Å². The highest BCUT2D eigenvalue weighted by Gasteiger charge is 2.37. The summed E-state index contributed by atoms with van der Waals surface area (Å²) >= 11 is 0. The van der Waals surface area contributed by atoms with Crippen molar-refractivity contribution in [2.75, 3.05) is 13.1 Å². The molecule has 2 nitrogen and oxygen atoms in total. The van der Waals surface area contributed by atoms with Gasteiger partial charge in [0, 0.05) is 6.54 Å². The van der Waals surface area contributed by atoms with Crippen molar-refractivity contribution in [3.8, 4) is 0 Å². The summed E-state index contributed by atoms with van der Waals surface area (Å²) in [4.78, 5) is 0. The highest BCUT2D eigenvalue weighted by molar-refractivity contribution is 4.90. The molecular formula is C10H16F3NO. The molecule has 0 saturated heterocycles. The van der Waals surface area contributed by atoms with Crippen molar-refractivity contribution < 1.29 is 18.3 Å². The maximum atomic E-state index is 11.9. The van der Waals surface area contributed by atoms with E-state index < -0.39 is 18.8 Å². The number of hydrogen-bond acceptors (Lipinski definition) is 2. The lowest BCUT2D eigenvalue weighted by Crippen LogP contribution is -2.40. The van der Waals surface area contributed by atoms with Crippen molar-refractivity contribution in [2.24, 2.45) is 5.92 Å². The largest absolute Gasteiger partial charge is 0.415 e. The first-order valence-electron chi connectivity index (χ1n) is 5.10. The van der Waals surface area contributed by atoms with Crippen LogP contribution in [0.2, 0.25) is 0 Å². The number of alkyl halides is 3. The standard InChI is InChI=1S/C10H16F3NO/c11-10(12,13)9(15)7-14-6-8-4-2-1-3-5-8/h1-2,8-9,14-15H,3-7H2. The molecule has 0 heterocycles. The van der Waals surface area contributed by atoms with Gasteiger partial charge in [0.25, 0.3) is 0 Å². The zero-order chi connectivity index (χ0) is 11.3. The van der Waals surface area contributed by atoms with Crippen LogP contribution < -0.4 is 5.32 Å². The van der Waals surface area contributed by atoms with Crippen LogP contribution in [0.4, 0.5) is 13.2 Å². The average Bonchev–Trinajstić information content (AvgIpc) is 2.18. The van der Waals surface area contributed by atoms with Gasteiger partial charge < -0.3 is 10.4 Å². The lowest BCUT2D eigenvalue weighted by Gasteiger charge is -2.20. The van der Waals surface area contributed by atoms with Crippen LogP contribution in [0, 0.1) is 5.92 Å². The first kappa shape index (κ1) is 12.5. The molecule has 0 aliphatic heterocycles. The Balaban J connectivity index is 2.13. The molecule has 2 atom stereocenters. The van der Waals surface area contributed by atoms with E-state index in [1.807, 2.05) is 0 Å². The summed E-state index contributed by atoms with van der Waals surface area (Å²) in [5, 5.41) is 11.4. The smallest absolute Gasteiger partial charge is 0.382 e. The van der Waals surface area contributed by atoms with Gasteiger partial charge in [-0.2, -0.15) is 13.2 Å². The molecule has 0 fully saturated rings. The zero-order valence-electron chi connectivity index (χ0n) is 8.43. The van der Waals surface area contributed by atoms with E-state index >= 15 is 0 Å². The molecule has 2 unspecified atom stereocenters. The maximum Gasteiger partial charge on any atom is 0.415 e. The van der Waals surface area contributed by atoms with Crippen molar-refractivity contribution >= 4 is 0 Å². The number of hydrogen-bond donors (Lipinski definition) is 2. The molecule has 2 N–H and O–H groups in total. The summed E-state index contributed by atoms with van der Waals surface area (Å²) in [6.07, 6.45) is 0.280. The van der Waals surface area contributed by atoms with Gasteiger partial charge in [-0.25, -0.2) is 0 Å². The van der Waals surface area contributed by atoms with Gasteiger partial charge in [0.15, 0.2) is 6.10 Å². The summed E-state index contributed by atoms with van der Waals surface area (Å²) in [5.41, 5.74) is 0. The number of aliphatic hydroxyl groups is 1. The van der Waals surface area contributed by atoms with Crippen molar-refractivity contribution in [3.63, 3.8) is 0 Å². The quantitative estimate of drug-likeness (QED) is 0.713. The molecular weight excluding hydrogens is 207 g/mol. The van der Waals surface area contributed by atoms with E-state index in [-0.39, 0.29) is 0 Å². The predicted octanol–water partition coefficient (Wildman–Crippen LogP) is 1.86. The number of aliphatic hydroxyl groups excluding tert-OH is 1. The van der Waals surface area contributed by atoms with E-state index in [4.69, 9.17) is 5.11 Å². The Bertz CT molecular complexity index is 215. The third-order valence-corrected chi connectivity index (χ3v) is 2.53. The summed E-state index contributed by atoms with van der Waals surface area (Å²) in [6, 6.07) is 0. The molecule has 0 aromatic carbocycles. The fourth-order valence-electron chi connectivity index (χ4n) is 1.58. The van der Waals surface area contributed by atoms with Crippen LogP contribution in [0.25, 0.3) is 0 Å². The van der Waals surface area contributed by atoms with E-state index in [9.17, 15) is 13.2 Å². The Hall–Kier alpha value is -0.550. The minimum absolute atomic E-state index is 0.399. The Morgan fingerprint density at radius 2 is 2.13 bits per heavy atom. The van der Waals surface area contributed by atoms with E-state index in [0.29, 0.717) is 12.5 Å². The second-order valence-corrected chi connectivity index (χ2v) is 3.87. The van der Waals surface area contributed by atoms with Crippen molar-refractivity contribution in [3.05, 3.63) is 12.2 Å². The van der Waals surface area contributed by atoms with Crippen LogP contribution in [0.1, 0.15) is 19.3 Å². The molecule has 0 saturated carbocycles. The minimum atomic E-state index is -4.51. The van der Waals surface area contributed by atoms with Crippen molar-refractivity contribution in [2.45, 2.75) is 31.5 Å². The van der Waals surface area contributed by atoms with Gasteiger partial charge in [-0.05, 0) is 31.7 Å². The van der Waals surface area contributed by atoms with Crippen molar-refractivity contribution in [1.29, 1.82) is 0 Å². The lowest BCUT2D eigenvalue weighted by atomic mass is 9.94. The molecule has 0 bridgehead atoms. The highest BCUT2D eigenvalue weighted by Crippen LogP contribution is 2.20. The number of halogens is 3. The fourth-order valence-corrected chi connectivity index (χ4v) is 1.58. The van der Waals surface area contributed by atoms with E-state index in [0.717, 1.165) is 19.3 Å². The predicted molar refractivity (Wildman–Crippen MR) is 51.4 cm³/mol. The number of allylic oxidation sites excluding steroid dienone is 2. The van der Waals surface area contributed by atoms with Gasteiger partial charge in [0.05, 0.1) is 0 Å². The fraction of sp³-hybridized carbons (Fsp3) is 0.800. The van der Waals surface area contributed by atoms with E-state index in [2.05, 4.69) is 17.5 Å². The molecule has 5 heteroatoms. The van der Waals surface area contributed by atoms with Gasteiger partial charge in [0.2, 0.25) is 0 Å². The molecule has 15 heavy (non-hydrogen) atoms. The van der Waals surface area contributed by atoms with Crippen LogP contribution in [0.15, 0.2) is 12.2 Å². The van der Waals surface area contributed by atoms with Crippen LogP contribution >= 0.6 is 0 Å². The Morgan fingerprint density at radius 1 is 1.40 bits per heavy atom. The molecule has 1 rings (SSSR count). The van der Waals surface area contributed by atoms with Gasteiger partial charge in [-0.1, -0.05) is 12.2 Å². The molecule has 0 amide bonds. The molecule has 0 spiro atoms. The van der Waals surface area contributed by atoms with Crippen LogP contribution in [0.3, 0.4) is 0 Å². The second-order valence-electron chi connectivity index (χ2n) is 3.87. The molecule has 1 aliphatic carbocycles. The average molecular weight is 223 g/mol. The van der Waals surface area contributed by atoms with E-state index in [1.54, 1.807) is 0 Å². The topological polar surface area (TPSA) is 32.3 Å². The molecule has 0 radical (unpaired) electrons. The summed E-state index contributed by atoms with van der Waals surface area (Å²) in [6.45, 7) is 0.126.